The van der Waals surface area contributed by atoms with Crippen LogP contribution in [0, 0.1) is 6.92 Å². The van der Waals surface area contributed by atoms with E-state index in [-0.39, 0.29) is 11.0 Å². The summed E-state index contributed by atoms with van der Waals surface area (Å²) < 4.78 is 15.7. The van der Waals surface area contributed by atoms with Gasteiger partial charge in [-0.1, -0.05) is 12.2 Å². The van der Waals surface area contributed by atoms with Crippen molar-refractivity contribution in [3.8, 4) is 6.01 Å². The Bertz CT molecular complexity index is 415. The van der Waals surface area contributed by atoms with Gasteiger partial charge in [0.15, 0.2) is 0 Å². The number of thiocarbonyl (C=S) groups is 1. The maximum absolute atomic E-state index is 5.52. The van der Waals surface area contributed by atoms with Crippen molar-refractivity contribution in [3.63, 3.8) is 0 Å². The van der Waals surface area contributed by atoms with Crippen molar-refractivity contribution in [3.05, 3.63) is 17.5 Å². The molecule has 19 heavy (non-hydrogen) atoms. The predicted molar refractivity (Wildman–Crippen MR) is 75.5 cm³/mol. The van der Waals surface area contributed by atoms with Crippen LogP contribution in [-0.2, 0) is 9.47 Å². The summed E-state index contributed by atoms with van der Waals surface area (Å²) in [5.74, 6) is 0. The number of nitrogens with zero attached hydrogens (tertiary/aromatic N) is 2. The van der Waals surface area contributed by atoms with E-state index in [0.717, 1.165) is 12.1 Å². The average molecular weight is 285 g/mol. The van der Waals surface area contributed by atoms with Crippen molar-refractivity contribution < 1.29 is 14.2 Å². The molecule has 0 saturated carbocycles. The van der Waals surface area contributed by atoms with Crippen LogP contribution < -0.4 is 10.5 Å². The first kappa shape index (κ1) is 15.7. The van der Waals surface area contributed by atoms with E-state index in [1.54, 1.807) is 13.2 Å². The number of aromatic nitrogens is 2. The van der Waals surface area contributed by atoms with Gasteiger partial charge in [-0.25, -0.2) is 4.98 Å². The fourth-order valence-corrected chi connectivity index (χ4v) is 1.44. The quantitative estimate of drug-likeness (QED) is 0.532. The van der Waals surface area contributed by atoms with Crippen LogP contribution in [0.2, 0.25) is 0 Å². The summed E-state index contributed by atoms with van der Waals surface area (Å²) in [6.45, 7) is 4.03. The lowest BCUT2D eigenvalue weighted by Gasteiger charge is -2.07. The Labute approximate surface area is 118 Å². The molecule has 0 radical (unpaired) electrons. The van der Waals surface area contributed by atoms with Crippen molar-refractivity contribution in [2.75, 3.05) is 33.5 Å². The molecule has 0 aliphatic carbocycles. The minimum atomic E-state index is 0.228. The fraction of sp³-hybridized carbons (Fsp3) is 0.583. The second-order valence-corrected chi connectivity index (χ2v) is 4.29. The molecule has 0 spiro atoms. The SMILES string of the molecule is COCCCOCCOc1nc(C)cc(C(N)=S)n1. The molecule has 0 amide bonds. The molecule has 2 N–H and O–H groups in total. The monoisotopic (exact) mass is 285 g/mol. The van der Waals surface area contributed by atoms with Crippen LogP contribution in [0.15, 0.2) is 6.07 Å². The number of nitrogens with two attached hydrogens (primary N) is 1. The maximum Gasteiger partial charge on any atom is 0.317 e. The molecule has 0 bridgehead atoms. The normalized spacial score (nSPS) is 10.4. The molecule has 1 heterocycles. The topological polar surface area (TPSA) is 79.5 Å². The van der Waals surface area contributed by atoms with Gasteiger partial charge in [0, 0.05) is 26.0 Å². The number of ether oxygens (including phenoxy) is 3. The molecule has 1 aromatic heterocycles. The molecule has 0 aliphatic heterocycles. The van der Waals surface area contributed by atoms with Crippen LogP contribution in [0.3, 0.4) is 0 Å². The molecule has 1 aromatic rings. The van der Waals surface area contributed by atoms with Crippen molar-refractivity contribution in [2.45, 2.75) is 13.3 Å². The number of hydrogen-bond donors (Lipinski definition) is 1. The lowest BCUT2D eigenvalue weighted by atomic mass is 10.3. The van der Waals surface area contributed by atoms with Crippen LogP contribution >= 0.6 is 12.2 Å². The van der Waals surface area contributed by atoms with Gasteiger partial charge in [0.25, 0.3) is 0 Å². The second kappa shape index (κ2) is 8.73. The first-order chi connectivity index (χ1) is 9.13. The Morgan fingerprint density at radius 3 is 2.74 bits per heavy atom. The molecule has 0 aromatic carbocycles. The summed E-state index contributed by atoms with van der Waals surface area (Å²) in [6, 6.07) is 1.99. The molecule has 1 rings (SSSR count). The zero-order valence-corrected chi connectivity index (χ0v) is 12.0. The van der Waals surface area contributed by atoms with Crippen LogP contribution in [0.25, 0.3) is 0 Å². The second-order valence-electron chi connectivity index (χ2n) is 3.85. The highest BCUT2D eigenvalue weighted by atomic mass is 32.1. The minimum Gasteiger partial charge on any atom is -0.461 e. The third-order valence-electron chi connectivity index (χ3n) is 2.18. The van der Waals surface area contributed by atoms with Crippen LogP contribution in [-0.4, -0.2) is 48.5 Å². The summed E-state index contributed by atoms with van der Waals surface area (Å²) >= 11 is 4.87. The Kier molecular flexibility index (Phi) is 7.24. The van der Waals surface area contributed by atoms with E-state index in [1.165, 1.54) is 0 Å². The standard InChI is InChI=1S/C12H19N3O3S/c1-9-8-10(11(13)19)15-12(14-9)18-7-6-17-5-3-4-16-2/h8H,3-7H2,1-2H3,(H2,13,19). The van der Waals surface area contributed by atoms with Crippen molar-refractivity contribution in [2.24, 2.45) is 5.73 Å². The highest BCUT2D eigenvalue weighted by Crippen LogP contribution is 2.06. The molecule has 7 heteroatoms. The third kappa shape index (κ3) is 6.42. The zero-order valence-electron chi connectivity index (χ0n) is 11.2. The molecule has 0 unspecified atom stereocenters. The van der Waals surface area contributed by atoms with E-state index < -0.39 is 0 Å². The van der Waals surface area contributed by atoms with Gasteiger partial charge < -0.3 is 19.9 Å². The first-order valence-corrected chi connectivity index (χ1v) is 6.39. The lowest BCUT2D eigenvalue weighted by Crippen LogP contribution is -2.15. The van der Waals surface area contributed by atoms with Crippen molar-refractivity contribution in [1.82, 2.24) is 9.97 Å². The van der Waals surface area contributed by atoms with Gasteiger partial charge >= 0.3 is 6.01 Å². The summed E-state index contributed by atoms with van der Waals surface area (Å²) in [5, 5.41) is 0. The number of rotatable bonds is 9. The summed E-state index contributed by atoms with van der Waals surface area (Å²) in [5.41, 5.74) is 6.79. The Morgan fingerprint density at radius 2 is 2.05 bits per heavy atom. The highest BCUT2D eigenvalue weighted by Gasteiger charge is 2.05. The molecule has 0 aliphatic rings. The fourth-order valence-electron chi connectivity index (χ4n) is 1.33. The number of aryl methyl sites for hydroxylation is 1. The van der Waals surface area contributed by atoms with Crippen molar-refractivity contribution in [1.29, 1.82) is 0 Å². The van der Waals surface area contributed by atoms with E-state index in [0.29, 0.717) is 32.1 Å². The third-order valence-corrected chi connectivity index (χ3v) is 2.39. The molecule has 6 nitrogen and oxygen atoms in total. The van der Waals surface area contributed by atoms with Gasteiger partial charge in [-0.3, -0.25) is 0 Å². The van der Waals surface area contributed by atoms with Gasteiger partial charge in [-0.05, 0) is 19.4 Å². The summed E-state index contributed by atoms with van der Waals surface area (Å²) in [4.78, 5) is 8.47. The average Bonchev–Trinajstić information content (AvgIpc) is 2.37. The van der Waals surface area contributed by atoms with Crippen molar-refractivity contribution >= 4 is 17.2 Å². The summed E-state index contributed by atoms with van der Waals surface area (Å²) in [7, 11) is 1.66. The predicted octanol–water partition coefficient (Wildman–Crippen LogP) is 0.851. The van der Waals surface area contributed by atoms with Crippen LogP contribution in [0.5, 0.6) is 6.01 Å². The lowest BCUT2D eigenvalue weighted by molar-refractivity contribution is 0.0782. The molecular formula is C12H19N3O3S. The summed E-state index contributed by atoms with van der Waals surface area (Å²) in [6.07, 6.45) is 0.864. The zero-order chi connectivity index (χ0) is 14.1. The number of methoxy groups -OCH3 is 1. The highest BCUT2D eigenvalue weighted by molar-refractivity contribution is 7.80. The molecular weight excluding hydrogens is 266 g/mol. The van der Waals surface area contributed by atoms with E-state index in [1.807, 2.05) is 6.92 Å². The van der Waals surface area contributed by atoms with E-state index >= 15 is 0 Å². The molecule has 0 fully saturated rings. The van der Waals surface area contributed by atoms with E-state index in [9.17, 15) is 0 Å². The maximum atomic E-state index is 5.52. The Hall–Kier alpha value is -1.31. The molecule has 0 atom stereocenters. The Balaban J connectivity index is 2.31. The van der Waals surface area contributed by atoms with E-state index in [4.69, 9.17) is 32.2 Å². The number of hydrogen-bond acceptors (Lipinski definition) is 6. The molecule has 106 valence electrons. The van der Waals surface area contributed by atoms with Gasteiger partial charge in [0.2, 0.25) is 0 Å². The van der Waals surface area contributed by atoms with Gasteiger partial charge in [0.1, 0.15) is 17.3 Å². The van der Waals surface area contributed by atoms with E-state index in [2.05, 4.69) is 9.97 Å². The molecule has 0 saturated heterocycles. The largest absolute Gasteiger partial charge is 0.461 e. The van der Waals surface area contributed by atoms with Gasteiger partial charge in [-0.2, -0.15) is 4.98 Å². The minimum absolute atomic E-state index is 0.228. The van der Waals surface area contributed by atoms with Gasteiger partial charge in [-0.15, -0.1) is 0 Å². The first-order valence-electron chi connectivity index (χ1n) is 5.98. The Morgan fingerprint density at radius 1 is 1.26 bits per heavy atom. The van der Waals surface area contributed by atoms with Crippen LogP contribution in [0.4, 0.5) is 0 Å². The van der Waals surface area contributed by atoms with Crippen LogP contribution in [0.1, 0.15) is 17.8 Å². The van der Waals surface area contributed by atoms with Gasteiger partial charge in [0.05, 0.1) is 6.61 Å². The smallest absolute Gasteiger partial charge is 0.317 e.